The molecule has 0 amide bonds. The fraction of sp³-hybridized carbons (Fsp3) is 0.462. The maximum Gasteiger partial charge on any atom is 0.240 e. The Bertz CT molecular complexity index is 574. The second kappa shape index (κ2) is 4.48. The van der Waals surface area contributed by atoms with Gasteiger partial charge in [-0.3, -0.25) is 4.79 Å². The van der Waals surface area contributed by atoms with Gasteiger partial charge in [-0.1, -0.05) is 19.1 Å². The molecular weight excluding hydrogens is 250 g/mol. The number of rotatable bonds is 5. The van der Waals surface area contributed by atoms with Crippen LogP contribution in [0, 0.1) is 5.41 Å². The molecule has 2 rings (SSSR count). The summed E-state index contributed by atoms with van der Waals surface area (Å²) in [5, 5.41) is 0. The van der Waals surface area contributed by atoms with Gasteiger partial charge in [-0.15, -0.1) is 0 Å². The maximum atomic E-state index is 12.1. The lowest BCUT2D eigenvalue weighted by Gasteiger charge is -2.11. The molecule has 1 aliphatic carbocycles. The van der Waals surface area contributed by atoms with E-state index in [2.05, 4.69) is 11.6 Å². The monoisotopic (exact) mass is 267 g/mol. The molecule has 98 valence electrons. The van der Waals surface area contributed by atoms with Crippen molar-refractivity contribution in [3.05, 3.63) is 29.8 Å². The van der Waals surface area contributed by atoms with Crippen molar-refractivity contribution in [2.24, 2.45) is 5.41 Å². The highest BCUT2D eigenvalue weighted by Gasteiger charge is 2.38. The fourth-order valence-electron chi connectivity index (χ4n) is 1.62. The average Bonchev–Trinajstić information content (AvgIpc) is 3.06. The van der Waals surface area contributed by atoms with Crippen LogP contribution in [0.1, 0.15) is 37.0 Å². The van der Waals surface area contributed by atoms with Gasteiger partial charge in [0.15, 0.2) is 5.78 Å². The SMILES string of the molecule is CC(=O)c1cccc(S(=O)(=O)NCC2(C)CC2)c1. The smallest absolute Gasteiger partial charge is 0.240 e. The van der Waals surface area contributed by atoms with Crippen LogP contribution in [0.25, 0.3) is 0 Å². The molecule has 1 aromatic carbocycles. The molecule has 0 aromatic heterocycles. The first-order valence-electron chi connectivity index (χ1n) is 5.93. The third kappa shape index (κ3) is 2.97. The van der Waals surface area contributed by atoms with Crippen molar-refractivity contribution in [2.45, 2.75) is 31.6 Å². The molecule has 0 bridgehead atoms. The summed E-state index contributed by atoms with van der Waals surface area (Å²) in [6.45, 7) is 3.94. The number of carbonyl (C=O) groups is 1. The Balaban J connectivity index is 2.18. The van der Waals surface area contributed by atoms with Crippen LogP contribution in [-0.2, 0) is 10.0 Å². The molecular formula is C13H17NO3S. The van der Waals surface area contributed by atoms with E-state index in [9.17, 15) is 13.2 Å². The van der Waals surface area contributed by atoms with Crippen molar-refractivity contribution in [1.82, 2.24) is 4.72 Å². The summed E-state index contributed by atoms with van der Waals surface area (Å²) in [6.07, 6.45) is 2.12. The molecule has 0 aliphatic heterocycles. The van der Waals surface area contributed by atoms with Gasteiger partial charge in [0, 0.05) is 12.1 Å². The summed E-state index contributed by atoms with van der Waals surface area (Å²) < 4.78 is 26.7. The van der Waals surface area contributed by atoms with Crippen LogP contribution in [0.2, 0.25) is 0 Å². The zero-order chi connectivity index (χ0) is 13.4. The van der Waals surface area contributed by atoms with Gasteiger partial charge >= 0.3 is 0 Å². The van der Waals surface area contributed by atoms with Gasteiger partial charge in [0.2, 0.25) is 10.0 Å². The Hall–Kier alpha value is -1.20. The lowest BCUT2D eigenvalue weighted by Crippen LogP contribution is -2.29. The summed E-state index contributed by atoms with van der Waals surface area (Å²) in [7, 11) is -3.51. The van der Waals surface area contributed by atoms with Crippen molar-refractivity contribution in [3.8, 4) is 0 Å². The van der Waals surface area contributed by atoms with E-state index in [0.717, 1.165) is 12.8 Å². The van der Waals surface area contributed by atoms with Crippen molar-refractivity contribution >= 4 is 15.8 Å². The van der Waals surface area contributed by atoms with E-state index >= 15 is 0 Å². The minimum Gasteiger partial charge on any atom is -0.295 e. The Morgan fingerprint density at radius 2 is 2.06 bits per heavy atom. The average molecular weight is 267 g/mol. The predicted molar refractivity (Wildman–Crippen MR) is 69.0 cm³/mol. The van der Waals surface area contributed by atoms with E-state index in [1.807, 2.05) is 0 Å². The third-order valence-corrected chi connectivity index (χ3v) is 4.74. The van der Waals surface area contributed by atoms with Crippen molar-refractivity contribution in [2.75, 3.05) is 6.54 Å². The summed E-state index contributed by atoms with van der Waals surface area (Å²) >= 11 is 0. The molecule has 0 saturated heterocycles. The normalized spacial score (nSPS) is 17.4. The lowest BCUT2D eigenvalue weighted by molar-refractivity contribution is 0.101. The molecule has 0 atom stereocenters. The first-order valence-corrected chi connectivity index (χ1v) is 7.41. The highest BCUT2D eigenvalue weighted by atomic mass is 32.2. The Kier molecular flexibility index (Phi) is 3.29. The molecule has 1 aliphatic rings. The van der Waals surface area contributed by atoms with E-state index in [0.29, 0.717) is 12.1 Å². The van der Waals surface area contributed by atoms with Gasteiger partial charge in [0.25, 0.3) is 0 Å². The quantitative estimate of drug-likeness (QED) is 0.830. The van der Waals surface area contributed by atoms with Crippen LogP contribution in [0.5, 0.6) is 0 Å². The maximum absolute atomic E-state index is 12.1. The molecule has 0 spiro atoms. The van der Waals surface area contributed by atoms with Gasteiger partial charge in [-0.05, 0) is 37.3 Å². The van der Waals surface area contributed by atoms with Gasteiger partial charge in [0.05, 0.1) is 4.90 Å². The summed E-state index contributed by atoms with van der Waals surface area (Å²) in [5.74, 6) is -0.138. The van der Waals surface area contributed by atoms with Crippen LogP contribution in [0.3, 0.4) is 0 Å². The van der Waals surface area contributed by atoms with Gasteiger partial charge in [-0.2, -0.15) is 0 Å². The van der Waals surface area contributed by atoms with Crippen LogP contribution < -0.4 is 4.72 Å². The lowest BCUT2D eigenvalue weighted by atomic mass is 10.1. The molecule has 5 heteroatoms. The number of nitrogens with one attached hydrogen (secondary N) is 1. The topological polar surface area (TPSA) is 63.2 Å². The van der Waals surface area contributed by atoms with E-state index in [1.165, 1.54) is 19.1 Å². The Morgan fingerprint density at radius 3 is 2.61 bits per heavy atom. The summed E-state index contributed by atoms with van der Waals surface area (Å²) in [4.78, 5) is 11.4. The van der Waals surface area contributed by atoms with Crippen LogP contribution in [0.15, 0.2) is 29.2 Å². The van der Waals surface area contributed by atoms with E-state index in [1.54, 1.807) is 12.1 Å². The number of hydrogen-bond donors (Lipinski definition) is 1. The standard InChI is InChI=1S/C13H17NO3S/c1-10(15)11-4-3-5-12(8-11)18(16,17)14-9-13(2)6-7-13/h3-5,8,14H,6-7,9H2,1-2H3. The first-order chi connectivity index (χ1) is 8.32. The number of Topliss-reactive ketones (excluding diaryl/α,β-unsaturated/α-hetero) is 1. The second-order valence-electron chi connectivity index (χ2n) is 5.22. The number of ketones is 1. The van der Waals surface area contributed by atoms with E-state index in [4.69, 9.17) is 0 Å². The first kappa shape index (κ1) is 13.2. The second-order valence-corrected chi connectivity index (χ2v) is 6.99. The number of sulfonamides is 1. The summed E-state index contributed by atoms with van der Waals surface area (Å²) in [6, 6.07) is 6.12. The molecule has 0 heterocycles. The van der Waals surface area contributed by atoms with E-state index < -0.39 is 10.0 Å². The highest BCUT2D eigenvalue weighted by molar-refractivity contribution is 7.89. The van der Waals surface area contributed by atoms with Gasteiger partial charge < -0.3 is 0 Å². The van der Waals surface area contributed by atoms with Crippen molar-refractivity contribution in [3.63, 3.8) is 0 Å². The summed E-state index contributed by atoms with van der Waals surface area (Å²) in [5.41, 5.74) is 0.529. The fourth-order valence-corrected chi connectivity index (χ4v) is 2.87. The Labute approximate surface area is 107 Å². The zero-order valence-corrected chi connectivity index (χ0v) is 11.4. The molecule has 1 fully saturated rings. The minimum absolute atomic E-state index is 0.116. The highest BCUT2D eigenvalue weighted by Crippen LogP contribution is 2.44. The molecule has 1 saturated carbocycles. The Morgan fingerprint density at radius 1 is 1.39 bits per heavy atom. The third-order valence-electron chi connectivity index (χ3n) is 3.34. The van der Waals surface area contributed by atoms with Crippen molar-refractivity contribution in [1.29, 1.82) is 0 Å². The molecule has 18 heavy (non-hydrogen) atoms. The molecule has 0 unspecified atom stereocenters. The molecule has 1 N–H and O–H groups in total. The van der Waals surface area contributed by atoms with Gasteiger partial charge in [0.1, 0.15) is 0 Å². The number of carbonyl (C=O) groups excluding carboxylic acids is 1. The van der Waals surface area contributed by atoms with Crippen LogP contribution in [0.4, 0.5) is 0 Å². The minimum atomic E-state index is -3.51. The molecule has 1 aromatic rings. The number of hydrogen-bond acceptors (Lipinski definition) is 3. The van der Waals surface area contributed by atoms with E-state index in [-0.39, 0.29) is 16.1 Å². The van der Waals surface area contributed by atoms with Crippen LogP contribution >= 0.6 is 0 Å². The molecule has 0 radical (unpaired) electrons. The predicted octanol–water partition coefficient (Wildman–Crippen LogP) is 1.97. The van der Waals surface area contributed by atoms with Crippen molar-refractivity contribution < 1.29 is 13.2 Å². The van der Waals surface area contributed by atoms with Crippen LogP contribution in [-0.4, -0.2) is 20.7 Å². The molecule has 4 nitrogen and oxygen atoms in total. The zero-order valence-electron chi connectivity index (χ0n) is 10.6. The number of benzene rings is 1. The largest absolute Gasteiger partial charge is 0.295 e. The van der Waals surface area contributed by atoms with Gasteiger partial charge in [-0.25, -0.2) is 13.1 Å².